The molecule has 3 nitrogen and oxygen atoms in total. The molecule has 0 aromatic carbocycles. The van der Waals surface area contributed by atoms with E-state index in [0.29, 0.717) is 6.10 Å². The van der Waals surface area contributed by atoms with Crippen molar-refractivity contribution >= 4 is 11.3 Å². The highest BCUT2D eigenvalue weighted by atomic mass is 32.1. The van der Waals surface area contributed by atoms with Crippen LogP contribution in [0.3, 0.4) is 0 Å². The maximum absolute atomic E-state index is 5.77. The van der Waals surface area contributed by atoms with Crippen molar-refractivity contribution in [2.45, 2.75) is 39.7 Å². The van der Waals surface area contributed by atoms with Crippen molar-refractivity contribution in [3.8, 4) is 0 Å². The minimum absolute atomic E-state index is 0.228. The lowest BCUT2D eigenvalue weighted by molar-refractivity contribution is 0.0639. The van der Waals surface area contributed by atoms with Gasteiger partial charge in [0, 0.05) is 29.9 Å². The number of thiazole rings is 1. The first-order valence-corrected chi connectivity index (χ1v) is 7.08. The third kappa shape index (κ3) is 2.54. The second kappa shape index (κ2) is 5.04. The first-order valence-electron chi connectivity index (χ1n) is 6.26. The molecular formula is C13H22N2OS. The lowest BCUT2D eigenvalue weighted by Gasteiger charge is -2.31. The Labute approximate surface area is 108 Å². The van der Waals surface area contributed by atoms with E-state index in [1.165, 1.54) is 15.6 Å². The predicted octanol–water partition coefficient (Wildman–Crippen LogP) is 2.32. The van der Waals surface area contributed by atoms with Crippen LogP contribution in [0.1, 0.15) is 28.9 Å². The van der Waals surface area contributed by atoms with Gasteiger partial charge in [0.25, 0.3) is 0 Å². The molecule has 2 atom stereocenters. The highest BCUT2D eigenvalue weighted by Gasteiger charge is 2.41. The Morgan fingerprint density at radius 1 is 1.53 bits per heavy atom. The van der Waals surface area contributed by atoms with Gasteiger partial charge in [0.05, 0.1) is 16.8 Å². The van der Waals surface area contributed by atoms with Crippen molar-refractivity contribution in [3.05, 3.63) is 15.6 Å². The monoisotopic (exact) mass is 254 g/mol. The average molecular weight is 254 g/mol. The number of ether oxygens (including phenoxy) is 1. The summed E-state index contributed by atoms with van der Waals surface area (Å²) in [5, 5.41) is 4.58. The highest BCUT2D eigenvalue weighted by molar-refractivity contribution is 7.11. The van der Waals surface area contributed by atoms with Gasteiger partial charge in [-0.05, 0) is 34.2 Å². The van der Waals surface area contributed by atoms with E-state index in [1.807, 2.05) is 18.4 Å². The molecule has 17 heavy (non-hydrogen) atoms. The predicted molar refractivity (Wildman–Crippen MR) is 71.7 cm³/mol. The largest absolute Gasteiger partial charge is 0.378 e. The summed E-state index contributed by atoms with van der Waals surface area (Å²) in [5.74, 6) is 0. The molecule has 96 valence electrons. The van der Waals surface area contributed by atoms with Gasteiger partial charge < -0.3 is 10.1 Å². The highest BCUT2D eigenvalue weighted by Crippen LogP contribution is 2.38. The van der Waals surface area contributed by atoms with Crippen LogP contribution in [0.25, 0.3) is 0 Å². The smallest absolute Gasteiger partial charge is 0.0937 e. The van der Waals surface area contributed by atoms with Gasteiger partial charge in [-0.3, -0.25) is 0 Å². The summed E-state index contributed by atoms with van der Waals surface area (Å²) in [6.07, 6.45) is 2.49. The summed E-state index contributed by atoms with van der Waals surface area (Å²) >= 11 is 1.83. The summed E-state index contributed by atoms with van der Waals surface area (Å²) in [6, 6.07) is 0. The molecular weight excluding hydrogens is 232 g/mol. The van der Waals surface area contributed by atoms with Crippen LogP contribution in [0.5, 0.6) is 0 Å². The molecule has 0 aliphatic carbocycles. The quantitative estimate of drug-likeness (QED) is 0.895. The van der Waals surface area contributed by atoms with Gasteiger partial charge in [-0.25, -0.2) is 4.98 Å². The Morgan fingerprint density at radius 3 is 2.76 bits per heavy atom. The Balaban J connectivity index is 2.18. The number of hydrogen-bond acceptors (Lipinski definition) is 4. The first kappa shape index (κ1) is 13.0. The molecule has 0 amide bonds. The molecule has 1 aromatic rings. The van der Waals surface area contributed by atoms with Gasteiger partial charge in [0.1, 0.15) is 0 Å². The standard InChI is InChI=1S/C13H22N2OS/c1-9-10(2)17-12(15-9)7-13(8-14-4)5-6-16-11(13)3/h11,14H,5-8H2,1-4H3. The van der Waals surface area contributed by atoms with Crippen molar-refractivity contribution in [2.24, 2.45) is 5.41 Å². The number of nitrogens with one attached hydrogen (secondary N) is 1. The summed E-state index contributed by atoms with van der Waals surface area (Å²) < 4.78 is 5.77. The molecule has 0 spiro atoms. The molecule has 1 aromatic heterocycles. The molecule has 0 radical (unpaired) electrons. The lowest BCUT2D eigenvalue weighted by Crippen LogP contribution is -2.40. The van der Waals surface area contributed by atoms with Crippen molar-refractivity contribution in [1.82, 2.24) is 10.3 Å². The Hall–Kier alpha value is -0.450. The van der Waals surface area contributed by atoms with E-state index in [2.05, 4.69) is 31.1 Å². The molecule has 4 heteroatoms. The molecule has 1 N–H and O–H groups in total. The zero-order valence-electron chi connectivity index (χ0n) is 11.2. The number of hydrogen-bond donors (Lipinski definition) is 1. The van der Waals surface area contributed by atoms with Crippen LogP contribution < -0.4 is 5.32 Å². The van der Waals surface area contributed by atoms with Gasteiger partial charge in [-0.2, -0.15) is 0 Å². The molecule has 1 fully saturated rings. The van der Waals surface area contributed by atoms with Crippen LogP contribution in [-0.4, -0.2) is 31.3 Å². The zero-order valence-corrected chi connectivity index (χ0v) is 12.0. The van der Waals surface area contributed by atoms with Crippen LogP contribution in [0.4, 0.5) is 0 Å². The van der Waals surface area contributed by atoms with E-state index in [4.69, 9.17) is 4.74 Å². The first-order chi connectivity index (χ1) is 8.07. The Morgan fingerprint density at radius 2 is 2.29 bits per heavy atom. The van der Waals surface area contributed by atoms with Gasteiger partial charge >= 0.3 is 0 Å². The second-order valence-electron chi connectivity index (χ2n) is 5.08. The van der Waals surface area contributed by atoms with Crippen molar-refractivity contribution in [3.63, 3.8) is 0 Å². The maximum Gasteiger partial charge on any atom is 0.0937 e. The maximum atomic E-state index is 5.77. The fourth-order valence-corrected chi connectivity index (χ4v) is 3.70. The van der Waals surface area contributed by atoms with Crippen LogP contribution in [0.15, 0.2) is 0 Å². The topological polar surface area (TPSA) is 34.2 Å². The molecule has 1 aliphatic rings. The summed E-state index contributed by atoms with van der Waals surface area (Å²) in [4.78, 5) is 6.01. The van der Waals surface area contributed by atoms with Crippen LogP contribution in [-0.2, 0) is 11.2 Å². The molecule has 2 unspecified atom stereocenters. The summed E-state index contributed by atoms with van der Waals surface area (Å²) in [6.45, 7) is 8.32. The van der Waals surface area contributed by atoms with Gasteiger partial charge in [-0.15, -0.1) is 11.3 Å². The fraction of sp³-hybridized carbons (Fsp3) is 0.769. The van der Waals surface area contributed by atoms with Crippen LogP contribution in [0, 0.1) is 19.3 Å². The molecule has 0 saturated carbocycles. The molecule has 0 bridgehead atoms. The van der Waals surface area contributed by atoms with Crippen LogP contribution >= 0.6 is 11.3 Å². The molecule has 1 aliphatic heterocycles. The molecule has 2 rings (SSSR count). The molecule has 1 saturated heterocycles. The number of aryl methyl sites for hydroxylation is 2. The van der Waals surface area contributed by atoms with E-state index in [1.54, 1.807) is 0 Å². The van der Waals surface area contributed by atoms with Gasteiger partial charge in [-0.1, -0.05) is 0 Å². The van der Waals surface area contributed by atoms with E-state index in [-0.39, 0.29) is 5.41 Å². The fourth-order valence-electron chi connectivity index (χ4n) is 2.61. The number of rotatable bonds is 4. The normalized spacial score (nSPS) is 28.8. The minimum atomic E-state index is 0.228. The second-order valence-corrected chi connectivity index (χ2v) is 6.37. The zero-order chi connectivity index (χ0) is 12.5. The Bertz CT molecular complexity index is 371. The van der Waals surface area contributed by atoms with E-state index >= 15 is 0 Å². The Kier molecular flexibility index (Phi) is 3.85. The van der Waals surface area contributed by atoms with Gasteiger partial charge in [0.15, 0.2) is 0 Å². The van der Waals surface area contributed by atoms with Crippen molar-refractivity contribution in [1.29, 1.82) is 0 Å². The number of nitrogens with zero attached hydrogens (tertiary/aromatic N) is 1. The third-order valence-corrected chi connectivity index (χ3v) is 5.01. The summed E-state index contributed by atoms with van der Waals surface area (Å²) in [7, 11) is 2.02. The third-order valence-electron chi connectivity index (χ3n) is 3.94. The minimum Gasteiger partial charge on any atom is -0.378 e. The van der Waals surface area contributed by atoms with E-state index in [9.17, 15) is 0 Å². The van der Waals surface area contributed by atoms with Crippen LogP contribution in [0.2, 0.25) is 0 Å². The van der Waals surface area contributed by atoms with E-state index < -0.39 is 0 Å². The lowest BCUT2D eigenvalue weighted by atomic mass is 9.78. The van der Waals surface area contributed by atoms with Gasteiger partial charge in [0.2, 0.25) is 0 Å². The van der Waals surface area contributed by atoms with Crippen molar-refractivity contribution in [2.75, 3.05) is 20.2 Å². The van der Waals surface area contributed by atoms with E-state index in [0.717, 1.165) is 26.0 Å². The van der Waals surface area contributed by atoms with Crippen molar-refractivity contribution < 1.29 is 4.74 Å². The SMILES string of the molecule is CNCC1(Cc2nc(C)c(C)s2)CCOC1C. The molecule has 2 heterocycles. The average Bonchev–Trinajstić information content (AvgIpc) is 2.74. The number of aromatic nitrogens is 1. The summed E-state index contributed by atoms with van der Waals surface area (Å²) in [5.41, 5.74) is 1.40.